The largest absolute Gasteiger partial charge is 0.327 e. The predicted octanol–water partition coefficient (Wildman–Crippen LogP) is 3.89. The second-order valence-electron chi connectivity index (χ2n) is 5.58. The topological polar surface area (TPSA) is 26.0 Å². The van der Waals surface area contributed by atoms with Gasteiger partial charge < -0.3 is 5.73 Å². The molecule has 0 heterocycles. The van der Waals surface area contributed by atoms with E-state index in [1.54, 1.807) is 0 Å². The fraction of sp³-hybridized carbons (Fsp3) is 0.600. The molecule has 2 N–H and O–H groups in total. The third kappa shape index (κ3) is 2.00. The van der Waals surface area contributed by atoms with E-state index in [9.17, 15) is 0 Å². The Morgan fingerprint density at radius 1 is 1.12 bits per heavy atom. The van der Waals surface area contributed by atoms with Crippen molar-refractivity contribution in [2.75, 3.05) is 0 Å². The molecule has 2 aliphatic carbocycles. The second kappa shape index (κ2) is 4.62. The van der Waals surface area contributed by atoms with E-state index in [4.69, 9.17) is 17.3 Å². The number of rotatable bonds is 1. The Morgan fingerprint density at radius 3 is 2.65 bits per heavy atom. The molecule has 2 heteroatoms. The molecule has 1 saturated carbocycles. The lowest BCUT2D eigenvalue weighted by Crippen LogP contribution is -2.36. The zero-order chi connectivity index (χ0) is 11.8. The first-order valence-electron chi connectivity index (χ1n) is 6.80. The molecule has 92 valence electrons. The minimum absolute atomic E-state index is 0.337. The zero-order valence-electron chi connectivity index (χ0n) is 10.2. The van der Waals surface area contributed by atoms with Gasteiger partial charge in [0, 0.05) is 17.0 Å². The molecule has 2 atom stereocenters. The van der Waals surface area contributed by atoms with Crippen molar-refractivity contribution >= 4 is 11.6 Å². The van der Waals surface area contributed by atoms with Gasteiger partial charge in [0.1, 0.15) is 0 Å². The van der Waals surface area contributed by atoms with Gasteiger partial charge in [-0.2, -0.15) is 0 Å². The van der Waals surface area contributed by atoms with Gasteiger partial charge in [0.15, 0.2) is 0 Å². The van der Waals surface area contributed by atoms with Crippen molar-refractivity contribution < 1.29 is 0 Å². The van der Waals surface area contributed by atoms with Crippen LogP contribution < -0.4 is 5.73 Å². The molecule has 3 rings (SSSR count). The smallest absolute Gasteiger partial charge is 0.0440 e. The van der Waals surface area contributed by atoms with E-state index in [1.807, 2.05) is 6.07 Å². The number of fused-ring (bicyclic) bond motifs is 1. The Labute approximate surface area is 108 Å². The van der Waals surface area contributed by atoms with E-state index in [-0.39, 0.29) is 0 Å². The first kappa shape index (κ1) is 11.6. The maximum absolute atomic E-state index is 6.38. The standard InChI is InChI=1S/C15H20ClN/c16-13-7-3-6-12-11(13)8-9-14(17)15(12)10-4-1-2-5-10/h3,6-7,10,14-15H,1-2,4-5,8-9,17H2. The van der Waals surface area contributed by atoms with Gasteiger partial charge in [-0.1, -0.05) is 36.6 Å². The molecule has 0 amide bonds. The molecule has 2 aliphatic rings. The van der Waals surface area contributed by atoms with Crippen molar-refractivity contribution in [1.82, 2.24) is 0 Å². The Bertz CT molecular complexity index is 409. The summed E-state index contributed by atoms with van der Waals surface area (Å²) in [5.74, 6) is 1.35. The van der Waals surface area contributed by atoms with Crippen LogP contribution in [0.4, 0.5) is 0 Å². The van der Waals surface area contributed by atoms with Gasteiger partial charge in [0.05, 0.1) is 0 Å². The third-order valence-electron chi connectivity index (χ3n) is 4.61. The van der Waals surface area contributed by atoms with Crippen molar-refractivity contribution in [3.8, 4) is 0 Å². The zero-order valence-corrected chi connectivity index (χ0v) is 10.9. The Kier molecular flexibility index (Phi) is 3.14. The molecule has 0 radical (unpaired) electrons. The summed E-state index contributed by atoms with van der Waals surface area (Å²) in [6, 6.07) is 6.69. The summed E-state index contributed by atoms with van der Waals surface area (Å²) in [7, 11) is 0. The van der Waals surface area contributed by atoms with E-state index in [1.165, 1.54) is 36.8 Å². The van der Waals surface area contributed by atoms with Crippen molar-refractivity contribution in [2.45, 2.75) is 50.5 Å². The Morgan fingerprint density at radius 2 is 1.88 bits per heavy atom. The maximum Gasteiger partial charge on any atom is 0.0440 e. The van der Waals surface area contributed by atoms with E-state index < -0.39 is 0 Å². The van der Waals surface area contributed by atoms with Crippen LogP contribution in [0, 0.1) is 5.92 Å². The number of halogens is 1. The van der Waals surface area contributed by atoms with E-state index >= 15 is 0 Å². The van der Waals surface area contributed by atoms with Crippen LogP contribution in [0.2, 0.25) is 5.02 Å². The summed E-state index contributed by atoms with van der Waals surface area (Å²) in [5.41, 5.74) is 9.20. The summed E-state index contributed by atoms with van der Waals surface area (Å²) in [6.07, 6.45) is 7.61. The van der Waals surface area contributed by atoms with Gasteiger partial charge >= 0.3 is 0 Å². The molecule has 17 heavy (non-hydrogen) atoms. The fourth-order valence-corrected chi connectivity index (χ4v) is 4.07. The summed E-state index contributed by atoms with van der Waals surface area (Å²) in [5, 5.41) is 0.942. The minimum atomic E-state index is 0.337. The van der Waals surface area contributed by atoms with Gasteiger partial charge in [-0.05, 0) is 48.8 Å². The maximum atomic E-state index is 6.38. The number of hydrogen-bond donors (Lipinski definition) is 1. The van der Waals surface area contributed by atoms with Crippen LogP contribution in [0.25, 0.3) is 0 Å². The lowest BCUT2D eigenvalue weighted by atomic mass is 9.72. The molecular weight excluding hydrogens is 230 g/mol. The van der Waals surface area contributed by atoms with E-state index in [0.29, 0.717) is 12.0 Å². The first-order chi connectivity index (χ1) is 8.27. The SMILES string of the molecule is NC1CCc2c(Cl)cccc2C1C1CCCC1. The summed E-state index contributed by atoms with van der Waals surface area (Å²) < 4.78 is 0. The monoisotopic (exact) mass is 249 g/mol. The van der Waals surface area contributed by atoms with Crippen molar-refractivity contribution in [3.63, 3.8) is 0 Å². The van der Waals surface area contributed by atoms with Crippen LogP contribution >= 0.6 is 11.6 Å². The molecule has 2 unspecified atom stereocenters. The van der Waals surface area contributed by atoms with Gasteiger partial charge in [0.25, 0.3) is 0 Å². The molecule has 1 fully saturated rings. The molecule has 0 saturated heterocycles. The predicted molar refractivity (Wildman–Crippen MR) is 72.4 cm³/mol. The molecule has 0 bridgehead atoms. The molecule has 1 aromatic carbocycles. The lowest BCUT2D eigenvalue weighted by molar-refractivity contribution is 0.344. The molecule has 0 aliphatic heterocycles. The van der Waals surface area contributed by atoms with Crippen LogP contribution in [-0.2, 0) is 6.42 Å². The van der Waals surface area contributed by atoms with Gasteiger partial charge in [-0.3, -0.25) is 0 Å². The van der Waals surface area contributed by atoms with Crippen molar-refractivity contribution in [1.29, 1.82) is 0 Å². The van der Waals surface area contributed by atoms with Crippen molar-refractivity contribution in [2.24, 2.45) is 11.7 Å². The minimum Gasteiger partial charge on any atom is -0.327 e. The third-order valence-corrected chi connectivity index (χ3v) is 4.96. The highest BCUT2D eigenvalue weighted by Crippen LogP contribution is 2.44. The Balaban J connectivity index is 2.00. The normalized spacial score (nSPS) is 29.3. The molecule has 1 nitrogen and oxygen atoms in total. The quantitative estimate of drug-likeness (QED) is 0.803. The van der Waals surface area contributed by atoms with E-state index in [2.05, 4.69) is 12.1 Å². The average Bonchev–Trinajstić information content (AvgIpc) is 2.82. The van der Waals surface area contributed by atoms with Gasteiger partial charge in [0.2, 0.25) is 0 Å². The number of nitrogens with two attached hydrogens (primary N) is 1. The van der Waals surface area contributed by atoms with Crippen LogP contribution in [0.3, 0.4) is 0 Å². The van der Waals surface area contributed by atoms with Crippen LogP contribution in [0.15, 0.2) is 18.2 Å². The lowest BCUT2D eigenvalue weighted by Gasteiger charge is -2.35. The fourth-order valence-electron chi connectivity index (χ4n) is 3.79. The van der Waals surface area contributed by atoms with Crippen molar-refractivity contribution in [3.05, 3.63) is 34.3 Å². The first-order valence-corrected chi connectivity index (χ1v) is 7.18. The summed E-state index contributed by atoms with van der Waals surface area (Å²) in [6.45, 7) is 0. The average molecular weight is 250 g/mol. The van der Waals surface area contributed by atoms with Gasteiger partial charge in [-0.25, -0.2) is 0 Å². The number of hydrogen-bond acceptors (Lipinski definition) is 1. The molecule has 0 spiro atoms. The highest BCUT2D eigenvalue weighted by atomic mass is 35.5. The van der Waals surface area contributed by atoms with Crippen LogP contribution in [0.5, 0.6) is 0 Å². The Hall–Kier alpha value is -0.530. The highest BCUT2D eigenvalue weighted by molar-refractivity contribution is 6.31. The molecular formula is C15H20ClN. The summed E-state index contributed by atoms with van der Waals surface area (Å²) in [4.78, 5) is 0. The number of benzene rings is 1. The second-order valence-corrected chi connectivity index (χ2v) is 5.99. The van der Waals surface area contributed by atoms with Gasteiger partial charge in [-0.15, -0.1) is 0 Å². The van der Waals surface area contributed by atoms with Crippen LogP contribution in [-0.4, -0.2) is 6.04 Å². The van der Waals surface area contributed by atoms with Crippen LogP contribution in [0.1, 0.15) is 49.1 Å². The van der Waals surface area contributed by atoms with E-state index in [0.717, 1.165) is 23.8 Å². The molecule has 0 aromatic heterocycles. The molecule has 1 aromatic rings. The highest BCUT2D eigenvalue weighted by Gasteiger charge is 2.35. The summed E-state index contributed by atoms with van der Waals surface area (Å²) >= 11 is 6.32.